The number of rotatable bonds is 3. The largest absolute Gasteiger partial charge is 0.326 e. The van der Waals surface area contributed by atoms with Crippen LogP contribution in [0.1, 0.15) is 16.1 Å². The van der Waals surface area contributed by atoms with E-state index in [4.69, 9.17) is 0 Å². The third-order valence-corrected chi connectivity index (χ3v) is 5.68. The Morgan fingerprint density at radius 3 is 2.80 bits per heavy atom. The summed E-state index contributed by atoms with van der Waals surface area (Å²) in [6.07, 6.45) is 0.350. The third-order valence-electron chi connectivity index (χ3n) is 4.92. The summed E-state index contributed by atoms with van der Waals surface area (Å²) in [7, 11) is 1.51. The second-order valence-corrected chi connectivity index (χ2v) is 7.77. The molecule has 5 rings (SSSR count). The number of aryl methyl sites for hydroxylation is 1. The number of aromatic nitrogens is 3. The van der Waals surface area contributed by atoms with Gasteiger partial charge in [0.1, 0.15) is 0 Å². The molecule has 148 valence electrons. The monoisotopic (exact) mass is 417 g/mol. The fraction of sp³-hybridized carbons (Fsp3) is 0.0952. The Kier molecular flexibility index (Phi) is 4.18. The van der Waals surface area contributed by atoms with E-state index < -0.39 is 5.91 Å². The summed E-state index contributed by atoms with van der Waals surface area (Å²) < 4.78 is 1.16. The van der Waals surface area contributed by atoms with Crippen LogP contribution in [0.5, 0.6) is 0 Å². The summed E-state index contributed by atoms with van der Waals surface area (Å²) in [5.41, 5.74) is 3.22. The molecule has 1 aliphatic rings. The molecule has 30 heavy (non-hydrogen) atoms. The first-order valence-corrected chi connectivity index (χ1v) is 10.0. The number of amides is 2. The number of carbonyl (C=O) groups is 2. The lowest BCUT2D eigenvalue weighted by molar-refractivity contribution is -0.115. The van der Waals surface area contributed by atoms with Crippen LogP contribution in [0.25, 0.3) is 22.0 Å². The van der Waals surface area contributed by atoms with E-state index >= 15 is 0 Å². The maximum Gasteiger partial charge on any atom is 0.278 e. The highest BCUT2D eigenvalue weighted by Crippen LogP contribution is 2.31. The predicted octanol–water partition coefficient (Wildman–Crippen LogP) is 2.80. The van der Waals surface area contributed by atoms with E-state index in [-0.39, 0.29) is 17.2 Å². The van der Waals surface area contributed by atoms with E-state index in [9.17, 15) is 14.4 Å². The minimum absolute atomic E-state index is 0.0228. The molecular formula is C21H15N5O3S. The molecule has 0 saturated carbocycles. The van der Waals surface area contributed by atoms with Gasteiger partial charge in [-0.1, -0.05) is 24.3 Å². The topological polar surface area (TPSA) is 106 Å². The van der Waals surface area contributed by atoms with Crippen LogP contribution in [0.3, 0.4) is 0 Å². The molecule has 8 nitrogen and oxygen atoms in total. The van der Waals surface area contributed by atoms with Crippen molar-refractivity contribution in [2.24, 2.45) is 7.05 Å². The first-order chi connectivity index (χ1) is 14.5. The molecule has 0 aliphatic carbocycles. The van der Waals surface area contributed by atoms with Gasteiger partial charge in [-0.05, 0) is 23.8 Å². The van der Waals surface area contributed by atoms with Crippen molar-refractivity contribution in [2.45, 2.75) is 6.42 Å². The zero-order valence-corrected chi connectivity index (χ0v) is 16.6. The van der Waals surface area contributed by atoms with Crippen molar-refractivity contribution in [2.75, 3.05) is 10.6 Å². The van der Waals surface area contributed by atoms with Gasteiger partial charge in [0, 0.05) is 29.1 Å². The van der Waals surface area contributed by atoms with E-state index in [2.05, 4.69) is 20.7 Å². The van der Waals surface area contributed by atoms with Gasteiger partial charge in [0.2, 0.25) is 5.91 Å². The first kappa shape index (κ1) is 18.2. The molecule has 2 amide bonds. The molecule has 2 N–H and O–H groups in total. The zero-order valence-electron chi connectivity index (χ0n) is 15.8. The standard InChI is InChI=1S/C21H15N5O3S/c1-26-20(29)14-5-3-2-4-13(14)18(25-26)19(28)24-21-23-16(10-30-21)11-6-7-15-12(8-11)9-17(27)22-15/h2-8,10H,9H2,1H3,(H,22,27)(H,23,24,28). The molecule has 0 atom stereocenters. The second kappa shape index (κ2) is 6.89. The van der Waals surface area contributed by atoms with Crippen molar-refractivity contribution >= 4 is 44.7 Å². The van der Waals surface area contributed by atoms with Crippen LogP contribution in [0.15, 0.2) is 52.6 Å². The predicted molar refractivity (Wildman–Crippen MR) is 115 cm³/mol. The van der Waals surface area contributed by atoms with Gasteiger partial charge >= 0.3 is 0 Å². The molecule has 3 heterocycles. The van der Waals surface area contributed by atoms with Gasteiger partial charge in [0.05, 0.1) is 17.5 Å². The molecule has 2 aromatic heterocycles. The molecule has 0 spiro atoms. The van der Waals surface area contributed by atoms with Crippen molar-refractivity contribution in [3.05, 3.63) is 69.5 Å². The van der Waals surface area contributed by atoms with Crippen LogP contribution in [0, 0.1) is 0 Å². The molecule has 0 fully saturated rings. The molecule has 9 heteroatoms. The van der Waals surface area contributed by atoms with Crippen molar-refractivity contribution < 1.29 is 9.59 Å². The van der Waals surface area contributed by atoms with Gasteiger partial charge in [0.25, 0.3) is 11.5 Å². The minimum Gasteiger partial charge on any atom is -0.326 e. The van der Waals surface area contributed by atoms with Crippen LogP contribution in [0.4, 0.5) is 10.8 Å². The van der Waals surface area contributed by atoms with Crippen LogP contribution >= 0.6 is 11.3 Å². The van der Waals surface area contributed by atoms with Crippen LogP contribution in [0.2, 0.25) is 0 Å². The van der Waals surface area contributed by atoms with Gasteiger partial charge in [-0.3, -0.25) is 19.7 Å². The molecular weight excluding hydrogens is 402 g/mol. The van der Waals surface area contributed by atoms with Crippen molar-refractivity contribution in [3.8, 4) is 11.3 Å². The number of benzene rings is 2. The summed E-state index contributed by atoms with van der Waals surface area (Å²) in [5.74, 6) is -0.461. The normalized spacial score (nSPS) is 12.6. The fourth-order valence-corrected chi connectivity index (χ4v) is 4.19. The van der Waals surface area contributed by atoms with Gasteiger partial charge in [-0.15, -0.1) is 11.3 Å². The fourth-order valence-electron chi connectivity index (χ4n) is 3.48. The number of fused-ring (bicyclic) bond motifs is 2. The zero-order chi connectivity index (χ0) is 20.8. The highest BCUT2D eigenvalue weighted by atomic mass is 32.1. The SMILES string of the molecule is Cn1nc(C(=O)Nc2nc(-c3ccc4c(c3)CC(=O)N4)cs2)c2ccccc2c1=O. The molecule has 0 bridgehead atoms. The van der Waals surface area contributed by atoms with E-state index in [1.54, 1.807) is 24.3 Å². The number of nitrogens with one attached hydrogen (secondary N) is 2. The van der Waals surface area contributed by atoms with Gasteiger partial charge in [-0.2, -0.15) is 5.10 Å². The summed E-state index contributed by atoms with van der Waals surface area (Å²) in [4.78, 5) is 41.2. The highest BCUT2D eigenvalue weighted by Gasteiger charge is 2.20. The Bertz CT molecular complexity index is 1410. The Hall–Kier alpha value is -3.85. The number of hydrogen-bond donors (Lipinski definition) is 2. The number of hydrogen-bond acceptors (Lipinski definition) is 6. The van der Waals surface area contributed by atoms with Gasteiger partial charge < -0.3 is 5.32 Å². The lowest BCUT2D eigenvalue weighted by Gasteiger charge is -2.07. The minimum atomic E-state index is -0.438. The molecule has 4 aromatic rings. The lowest BCUT2D eigenvalue weighted by Crippen LogP contribution is -2.25. The van der Waals surface area contributed by atoms with Crippen LogP contribution in [-0.4, -0.2) is 26.6 Å². The van der Waals surface area contributed by atoms with Crippen molar-refractivity contribution in [1.82, 2.24) is 14.8 Å². The van der Waals surface area contributed by atoms with Crippen LogP contribution in [-0.2, 0) is 18.3 Å². The third kappa shape index (κ3) is 3.05. The second-order valence-electron chi connectivity index (χ2n) is 6.91. The van der Waals surface area contributed by atoms with E-state index in [1.807, 2.05) is 23.6 Å². The molecule has 1 aliphatic heterocycles. The first-order valence-electron chi connectivity index (χ1n) is 9.16. The van der Waals surface area contributed by atoms with Crippen molar-refractivity contribution in [3.63, 3.8) is 0 Å². The number of nitrogens with zero attached hydrogens (tertiary/aromatic N) is 3. The van der Waals surface area contributed by atoms with Crippen LogP contribution < -0.4 is 16.2 Å². The molecule has 0 saturated heterocycles. The Labute approximate surface area is 174 Å². The number of carbonyl (C=O) groups excluding carboxylic acids is 2. The maximum absolute atomic E-state index is 12.9. The molecule has 0 radical (unpaired) electrons. The summed E-state index contributed by atoms with van der Waals surface area (Å²) >= 11 is 1.29. The summed E-state index contributed by atoms with van der Waals surface area (Å²) in [6, 6.07) is 12.5. The van der Waals surface area contributed by atoms with Gasteiger partial charge in [0.15, 0.2) is 10.8 Å². The molecule has 2 aromatic carbocycles. The maximum atomic E-state index is 12.9. The van der Waals surface area contributed by atoms with E-state index in [0.29, 0.717) is 28.0 Å². The van der Waals surface area contributed by atoms with Gasteiger partial charge in [-0.25, -0.2) is 9.67 Å². The summed E-state index contributed by atoms with van der Waals surface area (Å²) in [5, 5.41) is 12.9. The van der Waals surface area contributed by atoms with Crippen molar-refractivity contribution in [1.29, 1.82) is 0 Å². The smallest absolute Gasteiger partial charge is 0.278 e. The summed E-state index contributed by atoms with van der Waals surface area (Å²) in [6.45, 7) is 0. The lowest BCUT2D eigenvalue weighted by atomic mass is 10.1. The van der Waals surface area contributed by atoms with E-state index in [1.165, 1.54) is 18.4 Å². The average molecular weight is 417 g/mol. The Morgan fingerprint density at radius 1 is 1.17 bits per heavy atom. The number of thiazole rings is 1. The quantitative estimate of drug-likeness (QED) is 0.533. The Balaban J connectivity index is 1.44. The van der Waals surface area contributed by atoms with E-state index in [0.717, 1.165) is 21.5 Å². The number of anilines is 2. The molecule has 0 unspecified atom stereocenters. The Morgan fingerprint density at radius 2 is 1.97 bits per heavy atom. The highest BCUT2D eigenvalue weighted by molar-refractivity contribution is 7.14. The average Bonchev–Trinajstić information content (AvgIpc) is 3.35.